The molecule has 1 aromatic carbocycles. The summed E-state index contributed by atoms with van der Waals surface area (Å²) in [5.41, 5.74) is 7.85. The number of anilines is 1. The average Bonchev–Trinajstić information content (AvgIpc) is 2.96. The van der Waals surface area contributed by atoms with Gasteiger partial charge in [-0.05, 0) is 38.4 Å². The van der Waals surface area contributed by atoms with Crippen LogP contribution in [-0.4, -0.2) is 54.9 Å². The van der Waals surface area contributed by atoms with Crippen LogP contribution in [0.1, 0.15) is 18.9 Å². The van der Waals surface area contributed by atoms with Gasteiger partial charge in [-0.1, -0.05) is 18.1 Å². The summed E-state index contributed by atoms with van der Waals surface area (Å²) in [4.78, 5) is 5.66. The summed E-state index contributed by atoms with van der Waals surface area (Å²) in [6.45, 7) is 4.07. The average molecular weight is 308 g/mol. The summed E-state index contributed by atoms with van der Waals surface area (Å²) in [6, 6.07) is 6.69. The van der Waals surface area contributed by atoms with E-state index in [2.05, 4.69) is 42.0 Å². The van der Waals surface area contributed by atoms with Crippen LogP contribution in [0, 0.1) is 0 Å². The monoisotopic (exact) mass is 308 g/mol. The fraction of sp³-hybridized carbons (Fsp3) is 0.533. The molecule has 1 atom stereocenters. The van der Waals surface area contributed by atoms with Crippen molar-refractivity contribution in [2.24, 2.45) is 10.9 Å². The molecule has 1 fully saturated rings. The first-order valence-corrected chi connectivity index (χ1v) is 8.22. The quantitative estimate of drug-likeness (QED) is 0.286. The molecule has 1 unspecified atom stereocenters. The molecule has 116 valence electrons. The van der Waals surface area contributed by atoms with Gasteiger partial charge in [-0.25, -0.2) is 0 Å². The van der Waals surface area contributed by atoms with Crippen molar-refractivity contribution in [1.29, 1.82) is 0 Å². The molecule has 0 saturated carbocycles. The van der Waals surface area contributed by atoms with Crippen LogP contribution < -0.4 is 10.6 Å². The standard InChI is InChI=1S/C15H24N4OS/c1-4-21-13-7-5-6-12(14(13)15(16)17-20)19-9-8-11(10-19)18(2)3/h5-7,11,20H,4,8-10H2,1-3H3,(H2,16,17). The van der Waals surface area contributed by atoms with Gasteiger partial charge in [-0.3, -0.25) is 0 Å². The highest BCUT2D eigenvalue weighted by Gasteiger charge is 2.27. The summed E-state index contributed by atoms with van der Waals surface area (Å²) in [5.74, 6) is 1.14. The largest absolute Gasteiger partial charge is 0.409 e. The number of hydrogen-bond acceptors (Lipinski definition) is 5. The Balaban J connectivity index is 2.37. The first-order chi connectivity index (χ1) is 10.1. The van der Waals surface area contributed by atoms with Crippen molar-refractivity contribution in [2.75, 3.05) is 37.8 Å². The first kappa shape index (κ1) is 16.0. The van der Waals surface area contributed by atoms with Gasteiger partial charge < -0.3 is 20.7 Å². The van der Waals surface area contributed by atoms with E-state index in [4.69, 9.17) is 10.9 Å². The third kappa shape index (κ3) is 3.44. The Hall–Kier alpha value is -1.40. The van der Waals surface area contributed by atoms with Crippen LogP contribution in [0.25, 0.3) is 0 Å². The van der Waals surface area contributed by atoms with Crippen LogP contribution >= 0.6 is 11.8 Å². The number of amidine groups is 1. The Labute approximate surface area is 130 Å². The molecule has 0 aromatic heterocycles. The number of nitrogens with two attached hydrogens (primary N) is 1. The third-order valence-electron chi connectivity index (χ3n) is 3.90. The maximum Gasteiger partial charge on any atom is 0.173 e. The van der Waals surface area contributed by atoms with E-state index in [1.807, 2.05) is 12.1 Å². The van der Waals surface area contributed by atoms with E-state index in [1.165, 1.54) is 0 Å². The number of rotatable bonds is 5. The molecule has 0 bridgehead atoms. The second-order valence-corrected chi connectivity index (χ2v) is 6.73. The molecule has 0 amide bonds. The topological polar surface area (TPSA) is 65.1 Å². The maximum absolute atomic E-state index is 9.12. The number of likely N-dealkylation sites (N-methyl/N-ethyl adjacent to an activating group) is 1. The number of oxime groups is 1. The van der Waals surface area contributed by atoms with Crippen molar-refractivity contribution in [2.45, 2.75) is 24.3 Å². The smallest absolute Gasteiger partial charge is 0.173 e. The minimum Gasteiger partial charge on any atom is -0.409 e. The van der Waals surface area contributed by atoms with Gasteiger partial charge in [0, 0.05) is 29.7 Å². The summed E-state index contributed by atoms with van der Waals surface area (Å²) in [5, 5.41) is 12.3. The lowest BCUT2D eigenvalue weighted by Gasteiger charge is -2.24. The van der Waals surface area contributed by atoms with E-state index in [1.54, 1.807) is 11.8 Å². The van der Waals surface area contributed by atoms with Gasteiger partial charge in [-0.2, -0.15) is 0 Å². The van der Waals surface area contributed by atoms with Crippen molar-refractivity contribution in [1.82, 2.24) is 4.90 Å². The zero-order valence-electron chi connectivity index (χ0n) is 12.9. The van der Waals surface area contributed by atoms with Crippen LogP contribution in [0.15, 0.2) is 28.3 Å². The highest BCUT2D eigenvalue weighted by molar-refractivity contribution is 7.99. The van der Waals surface area contributed by atoms with Gasteiger partial charge in [-0.15, -0.1) is 11.8 Å². The molecular weight excluding hydrogens is 284 g/mol. The first-order valence-electron chi connectivity index (χ1n) is 7.23. The zero-order chi connectivity index (χ0) is 15.4. The van der Waals surface area contributed by atoms with Gasteiger partial charge in [0.25, 0.3) is 0 Å². The second kappa shape index (κ2) is 7.04. The SMILES string of the molecule is CCSc1cccc(N2CCC(N(C)C)C2)c1/C(N)=N/O. The molecule has 2 rings (SSSR count). The molecule has 21 heavy (non-hydrogen) atoms. The molecular formula is C15H24N4OS. The molecule has 1 aliphatic rings. The Bertz CT molecular complexity index is 518. The Morgan fingerprint density at radius 1 is 1.52 bits per heavy atom. The molecule has 0 aliphatic carbocycles. The number of thioether (sulfide) groups is 1. The van der Waals surface area contributed by atoms with Crippen LogP contribution in [0.4, 0.5) is 5.69 Å². The van der Waals surface area contributed by atoms with Crippen molar-refractivity contribution in [3.8, 4) is 0 Å². The molecule has 3 N–H and O–H groups in total. The lowest BCUT2D eigenvalue weighted by atomic mass is 10.1. The lowest BCUT2D eigenvalue weighted by molar-refractivity contribution is 0.315. The summed E-state index contributed by atoms with van der Waals surface area (Å²) < 4.78 is 0. The number of nitrogens with zero attached hydrogens (tertiary/aromatic N) is 3. The van der Waals surface area contributed by atoms with E-state index in [0.717, 1.165) is 41.4 Å². The Morgan fingerprint density at radius 2 is 2.29 bits per heavy atom. The molecule has 6 heteroatoms. The fourth-order valence-electron chi connectivity index (χ4n) is 2.75. The highest BCUT2D eigenvalue weighted by Crippen LogP contribution is 2.33. The van der Waals surface area contributed by atoms with E-state index in [9.17, 15) is 0 Å². The van der Waals surface area contributed by atoms with Gasteiger partial charge >= 0.3 is 0 Å². The highest BCUT2D eigenvalue weighted by atomic mass is 32.2. The lowest BCUT2D eigenvalue weighted by Crippen LogP contribution is -2.32. The molecule has 0 radical (unpaired) electrons. The van der Waals surface area contributed by atoms with E-state index in [-0.39, 0.29) is 5.84 Å². The Kier molecular flexibility index (Phi) is 5.36. The van der Waals surface area contributed by atoms with Gasteiger partial charge in [0.1, 0.15) is 0 Å². The molecule has 1 saturated heterocycles. The minimum absolute atomic E-state index is 0.190. The van der Waals surface area contributed by atoms with Gasteiger partial charge in [0.15, 0.2) is 5.84 Å². The van der Waals surface area contributed by atoms with Gasteiger partial charge in [0.2, 0.25) is 0 Å². The third-order valence-corrected chi connectivity index (χ3v) is 4.84. The van der Waals surface area contributed by atoms with E-state index >= 15 is 0 Å². The predicted octanol–water partition coefficient (Wildman–Crippen LogP) is 2.03. The van der Waals surface area contributed by atoms with Crippen LogP contribution in [0.2, 0.25) is 0 Å². The van der Waals surface area contributed by atoms with Crippen molar-refractivity contribution in [3.05, 3.63) is 23.8 Å². The van der Waals surface area contributed by atoms with Crippen LogP contribution in [0.5, 0.6) is 0 Å². The Morgan fingerprint density at radius 3 is 2.86 bits per heavy atom. The minimum atomic E-state index is 0.190. The van der Waals surface area contributed by atoms with Crippen molar-refractivity contribution < 1.29 is 5.21 Å². The van der Waals surface area contributed by atoms with Gasteiger partial charge in [0.05, 0.1) is 5.56 Å². The van der Waals surface area contributed by atoms with E-state index < -0.39 is 0 Å². The zero-order valence-corrected chi connectivity index (χ0v) is 13.7. The summed E-state index contributed by atoms with van der Waals surface area (Å²) in [6.07, 6.45) is 1.13. The van der Waals surface area contributed by atoms with E-state index in [0.29, 0.717) is 6.04 Å². The predicted molar refractivity (Wildman–Crippen MR) is 89.7 cm³/mol. The molecule has 5 nitrogen and oxygen atoms in total. The number of benzene rings is 1. The van der Waals surface area contributed by atoms with Crippen molar-refractivity contribution >= 4 is 23.3 Å². The molecule has 0 spiro atoms. The van der Waals surface area contributed by atoms with Crippen molar-refractivity contribution in [3.63, 3.8) is 0 Å². The maximum atomic E-state index is 9.12. The summed E-state index contributed by atoms with van der Waals surface area (Å²) in [7, 11) is 4.23. The molecule has 1 aromatic rings. The van der Waals surface area contributed by atoms with Crippen LogP contribution in [-0.2, 0) is 0 Å². The fourth-order valence-corrected chi connectivity index (χ4v) is 3.59. The normalized spacial score (nSPS) is 19.5. The van der Waals surface area contributed by atoms with Crippen LogP contribution in [0.3, 0.4) is 0 Å². The number of hydrogen-bond donors (Lipinski definition) is 2. The second-order valence-electron chi connectivity index (χ2n) is 5.42. The molecule has 1 aliphatic heterocycles. The summed E-state index contributed by atoms with van der Waals surface area (Å²) >= 11 is 1.72. The molecule has 1 heterocycles.